The number of methoxy groups -OCH3 is 1. The third-order valence-electron chi connectivity index (χ3n) is 3.51. The maximum absolute atomic E-state index is 12.0. The number of carbonyl (C=O) groups excluding carboxylic acids is 1. The van der Waals surface area contributed by atoms with Crippen molar-refractivity contribution in [3.63, 3.8) is 0 Å². The van der Waals surface area contributed by atoms with Gasteiger partial charge in [-0.3, -0.25) is 0 Å². The van der Waals surface area contributed by atoms with E-state index in [1.54, 1.807) is 24.1 Å². The van der Waals surface area contributed by atoms with Crippen LogP contribution in [0.2, 0.25) is 5.02 Å². The maximum atomic E-state index is 12.0. The van der Waals surface area contributed by atoms with Crippen LogP contribution in [0, 0.1) is 5.92 Å². The summed E-state index contributed by atoms with van der Waals surface area (Å²) in [6.07, 6.45) is 0.855. The Kier molecular flexibility index (Phi) is 5.09. The first kappa shape index (κ1) is 14.9. The van der Waals surface area contributed by atoms with Gasteiger partial charge in [0, 0.05) is 42.7 Å². The Morgan fingerprint density at radius 3 is 3.05 bits per heavy atom. The third kappa shape index (κ3) is 3.55. The Bertz CT molecular complexity index is 481. The van der Waals surface area contributed by atoms with Gasteiger partial charge in [0.2, 0.25) is 0 Å². The van der Waals surface area contributed by atoms with Crippen LogP contribution in [0.4, 0.5) is 4.79 Å². The van der Waals surface area contributed by atoms with Crippen LogP contribution in [0.25, 0.3) is 0 Å². The fraction of sp³-hybridized carbons (Fsp3) is 0.500. The van der Waals surface area contributed by atoms with Gasteiger partial charge in [0.05, 0.1) is 7.11 Å². The van der Waals surface area contributed by atoms with E-state index in [2.05, 4.69) is 5.32 Å². The molecule has 1 unspecified atom stereocenters. The molecule has 0 aromatic heterocycles. The summed E-state index contributed by atoms with van der Waals surface area (Å²) in [4.78, 5) is 13.7. The van der Waals surface area contributed by atoms with Crippen LogP contribution in [-0.2, 0) is 6.54 Å². The summed E-state index contributed by atoms with van der Waals surface area (Å²) in [6.45, 7) is 1.82. The minimum atomic E-state index is -0.113. The molecular formula is C14H19ClN2O3. The first-order valence-corrected chi connectivity index (χ1v) is 6.98. The number of amides is 2. The molecule has 0 radical (unpaired) electrons. The summed E-state index contributed by atoms with van der Waals surface area (Å²) >= 11 is 5.89. The summed E-state index contributed by atoms with van der Waals surface area (Å²) in [5, 5.41) is 12.5. The minimum absolute atomic E-state index is 0.113. The summed E-state index contributed by atoms with van der Waals surface area (Å²) in [5.74, 6) is 0.860. The number of aliphatic hydroxyl groups excluding tert-OH is 1. The molecule has 0 spiro atoms. The van der Waals surface area contributed by atoms with Crippen molar-refractivity contribution < 1.29 is 14.6 Å². The Morgan fingerprint density at radius 2 is 2.40 bits per heavy atom. The second-order valence-electron chi connectivity index (χ2n) is 4.90. The molecule has 1 aliphatic rings. The standard InChI is InChI=1S/C14H19ClN2O3/c1-20-13-6-12(15)3-2-11(13)7-16-14(19)17-5-4-10(8-17)9-18/h2-3,6,10,18H,4-5,7-9H2,1H3,(H,16,19). The number of benzene rings is 1. The van der Waals surface area contributed by atoms with Crippen LogP contribution in [0.5, 0.6) is 5.75 Å². The van der Waals surface area contributed by atoms with Crippen molar-refractivity contribution in [2.24, 2.45) is 5.92 Å². The molecule has 20 heavy (non-hydrogen) atoms. The number of nitrogens with one attached hydrogen (secondary N) is 1. The third-order valence-corrected chi connectivity index (χ3v) is 3.75. The molecule has 0 aliphatic carbocycles. The van der Waals surface area contributed by atoms with Gasteiger partial charge < -0.3 is 20.1 Å². The van der Waals surface area contributed by atoms with Gasteiger partial charge in [-0.1, -0.05) is 17.7 Å². The average molecular weight is 299 g/mol. The van der Waals surface area contributed by atoms with Crippen LogP contribution < -0.4 is 10.1 Å². The number of hydrogen-bond donors (Lipinski definition) is 2. The fourth-order valence-corrected chi connectivity index (χ4v) is 2.48. The highest BCUT2D eigenvalue weighted by molar-refractivity contribution is 6.30. The molecular weight excluding hydrogens is 280 g/mol. The molecule has 6 heteroatoms. The van der Waals surface area contributed by atoms with Crippen molar-refractivity contribution in [1.82, 2.24) is 10.2 Å². The molecule has 1 aromatic carbocycles. The van der Waals surface area contributed by atoms with Crippen molar-refractivity contribution in [2.75, 3.05) is 26.8 Å². The summed E-state index contributed by atoms with van der Waals surface area (Å²) in [6, 6.07) is 5.21. The van der Waals surface area contributed by atoms with Gasteiger partial charge in [0.1, 0.15) is 5.75 Å². The van der Waals surface area contributed by atoms with E-state index < -0.39 is 0 Å². The molecule has 5 nitrogen and oxygen atoms in total. The number of ether oxygens (including phenoxy) is 1. The Morgan fingerprint density at radius 1 is 1.60 bits per heavy atom. The zero-order valence-electron chi connectivity index (χ0n) is 11.4. The van der Waals surface area contributed by atoms with Crippen LogP contribution >= 0.6 is 11.6 Å². The molecule has 1 heterocycles. The van der Waals surface area contributed by atoms with E-state index in [0.29, 0.717) is 30.4 Å². The Labute approximate surface area is 123 Å². The second-order valence-corrected chi connectivity index (χ2v) is 5.33. The average Bonchev–Trinajstić information content (AvgIpc) is 2.94. The second kappa shape index (κ2) is 6.81. The molecule has 0 saturated carbocycles. The predicted molar refractivity (Wildman–Crippen MR) is 77.0 cm³/mol. The number of likely N-dealkylation sites (tertiary alicyclic amines) is 1. The molecule has 0 bridgehead atoms. The number of carbonyl (C=O) groups is 1. The SMILES string of the molecule is COc1cc(Cl)ccc1CNC(=O)N1CCC(CO)C1. The zero-order chi connectivity index (χ0) is 14.5. The van der Waals surface area contributed by atoms with Gasteiger partial charge >= 0.3 is 6.03 Å². The van der Waals surface area contributed by atoms with Crippen molar-refractivity contribution in [1.29, 1.82) is 0 Å². The van der Waals surface area contributed by atoms with Gasteiger partial charge in [0.25, 0.3) is 0 Å². The van der Waals surface area contributed by atoms with E-state index in [9.17, 15) is 4.79 Å². The molecule has 2 amide bonds. The lowest BCUT2D eigenvalue weighted by Gasteiger charge is -2.17. The first-order chi connectivity index (χ1) is 9.63. The van der Waals surface area contributed by atoms with Crippen molar-refractivity contribution >= 4 is 17.6 Å². The van der Waals surface area contributed by atoms with Crippen LogP contribution in [0.3, 0.4) is 0 Å². The number of urea groups is 1. The molecule has 1 aliphatic heterocycles. The normalized spacial score (nSPS) is 18.1. The van der Waals surface area contributed by atoms with E-state index in [1.807, 2.05) is 6.07 Å². The van der Waals surface area contributed by atoms with E-state index in [-0.39, 0.29) is 18.6 Å². The minimum Gasteiger partial charge on any atom is -0.496 e. The molecule has 2 N–H and O–H groups in total. The first-order valence-electron chi connectivity index (χ1n) is 6.60. The summed E-state index contributed by atoms with van der Waals surface area (Å²) in [7, 11) is 1.57. The number of hydrogen-bond acceptors (Lipinski definition) is 3. The largest absolute Gasteiger partial charge is 0.496 e. The van der Waals surface area contributed by atoms with E-state index in [0.717, 1.165) is 12.0 Å². The van der Waals surface area contributed by atoms with Gasteiger partial charge in [-0.2, -0.15) is 0 Å². The predicted octanol–water partition coefficient (Wildman–Crippen LogP) is 1.87. The van der Waals surface area contributed by atoms with Crippen LogP contribution in [0.1, 0.15) is 12.0 Å². The van der Waals surface area contributed by atoms with E-state index in [1.165, 1.54) is 0 Å². The van der Waals surface area contributed by atoms with E-state index >= 15 is 0 Å². The quantitative estimate of drug-likeness (QED) is 0.892. The van der Waals surface area contributed by atoms with Crippen LogP contribution in [-0.4, -0.2) is 42.8 Å². The van der Waals surface area contributed by atoms with E-state index in [4.69, 9.17) is 21.4 Å². The van der Waals surface area contributed by atoms with Crippen molar-refractivity contribution in [3.8, 4) is 5.75 Å². The molecule has 1 atom stereocenters. The zero-order valence-corrected chi connectivity index (χ0v) is 12.2. The topological polar surface area (TPSA) is 61.8 Å². The smallest absolute Gasteiger partial charge is 0.317 e. The maximum Gasteiger partial charge on any atom is 0.317 e. The van der Waals surface area contributed by atoms with Gasteiger partial charge in [-0.15, -0.1) is 0 Å². The summed E-state index contributed by atoms with van der Waals surface area (Å²) < 4.78 is 5.24. The lowest BCUT2D eigenvalue weighted by Crippen LogP contribution is -2.38. The fourth-order valence-electron chi connectivity index (χ4n) is 2.31. The number of aliphatic hydroxyl groups is 1. The van der Waals surface area contributed by atoms with Crippen LogP contribution in [0.15, 0.2) is 18.2 Å². The summed E-state index contributed by atoms with van der Waals surface area (Å²) in [5.41, 5.74) is 0.878. The molecule has 1 aromatic rings. The Balaban J connectivity index is 1.90. The van der Waals surface area contributed by atoms with Gasteiger partial charge in [-0.05, 0) is 18.6 Å². The monoisotopic (exact) mass is 298 g/mol. The van der Waals surface area contributed by atoms with Gasteiger partial charge in [-0.25, -0.2) is 4.79 Å². The number of halogens is 1. The lowest BCUT2D eigenvalue weighted by molar-refractivity contribution is 0.198. The molecule has 110 valence electrons. The number of nitrogens with zero attached hydrogens (tertiary/aromatic N) is 1. The highest BCUT2D eigenvalue weighted by Gasteiger charge is 2.25. The lowest BCUT2D eigenvalue weighted by atomic mass is 10.1. The highest BCUT2D eigenvalue weighted by Crippen LogP contribution is 2.23. The van der Waals surface area contributed by atoms with Crippen molar-refractivity contribution in [2.45, 2.75) is 13.0 Å². The molecule has 1 saturated heterocycles. The number of rotatable bonds is 4. The molecule has 2 rings (SSSR count). The van der Waals surface area contributed by atoms with Gasteiger partial charge in [0.15, 0.2) is 0 Å². The molecule has 1 fully saturated rings. The highest BCUT2D eigenvalue weighted by atomic mass is 35.5. The van der Waals surface area contributed by atoms with Crippen molar-refractivity contribution in [3.05, 3.63) is 28.8 Å². The Hall–Kier alpha value is -1.46.